The smallest absolute Gasteiger partial charge is 0.0813 e. The predicted molar refractivity (Wildman–Crippen MR) is 55.4 cm³/mol. The van der Waals surface area contributed by atoms with Gasteiger partial charge < -0.3 is 0 Å². The van der Waals surface area contributed by atoms with Crippen molar-refractivity contribution >= 4 is 0 Å². The molecule has 1 fully saturated rings. The van der Waals surface area contributed by atoms with Gasteiger partial charge in [-0.25, -0.2) is 0 Å². The molecule has 0 spiro atoms. The van der Waals surface area contributed by atoms with Gasteiger partial charge in [0.25, 0.3) is 0 Å². The number of rotatable bonds is 4. The standard InChI is InChI=1S/C11H23NO/c1-9(8-10-6-5-7-10)12-13-11(2,3)4/h9-10,12H,5-8H2,1-4H3. The summed E-state index contributed by atoms with van der Waals surface area (Å²) in [5.74, 6) is 0.950. The fourth-order valence-corrected chi connectivity index (χ4v) is 1.55. The monoisotopic (exact) mass is 185 g/mol. The molecule has 13 heavy (non-hydrogen) atoms. The first-order chi connectivity index (χ1) is 5.97. The summed E-state index contributed by atoms with van der Waals surface area (Å²) < 4.78 is 0. The zero-order valence-corrected chi connectivity index (χ0v) is 9.39. The van der Waals surface area contributed by atoms with E-state index in [9.17, 15) is 0 Å². The van der Waals surface area contributed by atoms with Gasteiger partial charge in [0.05, 0.1) is 5.60 Å². The van der Waals surface area contributed by atoms with Gasteiger partial charge in [0.15, 0.2) is 0 Å². The molecule has 0 saturated heterocycles. The lowest BCUT2D eigenvalue weighted by molar-refractivity contribution is -0.0895. The molecule has 0 radical (unpaired) electrons. The van der Waals surface area contributed by atoms with E-state index in [1.807, 2.05) is 0 Å². The molecule has 1 rings (SSSR count). The first-order valence-electron chi connectivity index (χ1n) is 5.41. The Balaban J connectivity index is 2.06. The van der Waals surface area contributed by atoms with Crippen LogP contribution in [0.15, 0.2) is 0 Å². The van der Waals surface area contributed by atoms with E-state index in [1.165, 1.54) is 25.7 Å². The zero-order chi connectivity index (χ0) is 9.90. The normalized spacial score (nSPS) is 21.2. The van der Waals surface area contributed by atoms with Crippen LogP contribution in [0.4, 0.5) is 0 Å². The van der Waals surface area contributed by atoms with Gasteiger partial charge >= 0.3 is 0 Å². The topological polar surface area (TPSA) is 21.3 Å². The van der Waals surface area contributed by atoms with Crippen molar-refractivity contribution in [3.63, 3.8) is 0 Å². The fraction of sp³-hybridized carbons (Fsp3) is 1.00. The minimum absolute atomic E-state index is 0.0755. The largest absolute Gasteiger partial charge is 0.296 e. The highest BCUT2D eigenvalue weighted by Gasteiger charge is 2.21. The Labute approximate surface area is 82.0 Å². The highest BCUT2D eigenvalue weighted by atomic mass is 16.7. The van der Waals surface area contributed by atoms with E-state index in [0.29, 0.717) is 6.04 Å². The Hall–Kier alpha value is -0.0800. The lowest BCUT2D eigenvalue weighted by Gasteiger charge is -2.30. The molecule has 1 unspecified atom stereocenters. The van der Waals surface area contributed by atoms with E-state index in [2.05, 4.69) is 33.2 Å². The van der Waals surface area contributed by atoms with E-state index in [1.54, 1.807) is 0 Å². The number of nitrogens with one attached hydrogen (secondary N) is 1. The third-order valence-corrected chi connectivity index (χ3v) is 2.48. The quantitative estimate of drug-likeness (QED) is 0.680. The van der Waals surface area contributed by atoms with Crippen LogP contribution in [-0.4, -0.2) is 11.6 Å². The van der Waals surface area contributed by atoms with Crippen LogP contribution in [-0.2, 0) is 4.84 Å². The second-order valence-corrected chi connectivity index (χ2v) is 5.27. The van der Waals surface area contributed by atoms with Crippen molar-refractivity contribution in [2.24, 2.45) is 5.92 Å². The highest BCUT2D eigenvalue weighted by molar-refractivity contribution is 4.73. The number of hydrogen-bond acceptors (Lipinski definition) is 2. The van der Waals surface area contributed by atoms with Crippen molar-refractivity contribution in [1.29, 1.82) is 0 Å². The molecule has 78 valence electrons. The molecule has 0 heterocycles. The molecule has 1 atom stereocenters. The number of hydrogen-bond donors (Lipinski definition) is 1. The van der Waals surface area contributed by atoms with Gasteiger partial charge in [-0.1, -0.05) is 19.3 Å². The second kappa shape index (κ2) is 4.43. The Kier molecular flexibility index (Phi) is 3.74. The third-order valence-electron chi connectivity index (χ3n) is 2.48. The molecular formula is C11H23NO. The molecule has 2 heteroatoms. The van der Waals surface area contributed by atoms with Crippen molar-refractivity contribution in [2.45, 2.75) is 65.0 Å². The molecule has 0 aromatic heterocycles. The van der Waals surface area contributed by atoms with Gasteiger partial charge in [-0.15, -0.1) is 0 Å². The molecule has 0 amide bonds. The molecule has 0 aliphatic heterocycles. The van der Waals surface area contributed by atoms with Gasteiger partial charge in [0.1, 0.15) is 0 Å². The van der Waals surface area contributed by atoms with Gasteiger partial charge in [0, 0.05) is 6.04 Å². The maximum Gasteiger partial charge on any atom is 0.0813 e. The van der Waals surface area contributed by atoms with Gasteiger partial charge in [-0.2, -0.15) is 5.48 Å². The molecule has 0 aromatic rings. The van der Waals surface area contributed by atoms with E-state index < -0.39 is 0 Å². The maximum absolute atomic E-state index is 5.51. The van der Waals surface area contributed by atoms with Crippen molar-refractivity contribution < 1.29 is 4.84 Å². The van der Waals surface area contributed by atoms with Gasteiger partial charge in [-0.05, 0) is 40.0 Å². The SMILES string of the molecule is CC(CC1CCC1)NOC(C)(C)C. The second-order valence-electron chi connectivity index (χ2n) is 5.27. The first-order valence-corrected chi connectivity index (χ1v) is 5.41. The lowest BCUT2D eigenvalue weighted by Crippen LogP contribution is -2.36. The Morgan fingerprint density at radius 2 is 2.00 bits per heavy atom. The average molecular weight is 185 g/mol. The van der Waals surface area contributed by atoms with E-state index in [4.69, 9.17) is 4.84 Å². The van der Waals surface area contributed by atoms with Crippen molar-refractivity contribution in [3.8, 4) is 0 Å². The van der Waals surface area contributed by atoms with Crippen molar-refractivity contribution in [2.75, 3.05) is 0 Å². The summed E-state index contributed by atoms with van der Waals surface area (Å²) in [5.41, 5.74) is 3.05. The van der Waals surface area contributed by atoms with Crippen LogP contribution in [0.5, 0.6) is 0 Å². The maximum atomic E-state index is 5.51. The summed E-state index contributed by atoms with van der Waals surface area (Å²) >= 11 is 0. The van der Waals surface area contributed by atoms with Crippen LogP contribution in [0, 0.1) is 5.92 Å². The highest BCUT2D eigenvalue weighted by Crippen LogP contribution is 2.30. The summed E-state index contributed by atoms with van der Waals surface area (Å²) in [6.07, 6.45) is 5.52. The molecule has 1 aliphatic carbocycles. The third kappa shape index (κ3) is 4.63. The first kappa shape index (κ1) is 11.0. The molecular weight excluding hydrogens is 162 g/mol. The minimum atomic E-state index is -0.0755. The van der Waals surface area contributed by atoms with Gasteiger partial charge in [0.2, 0.25) is 0 Å². The molecule has 0 aromatic carbocycles. The zero-order valence-electron chi connectivity index (χ0n) is 9.39. The number of hydroxylamine groups is 1. The molecule has 1 saturated carbocycles. The van der Waals surface area contributed by atoms with Crippen LogP contribution in [0.1, 0.15) is 53.4 Å². The fourth-order valence-electron chi connectivity index (χ4n) is 1.55. The van der Waals surface area contributed by atoms with Crippen molar-refractivity contribution in [3.05, 3.63) is 0 Å². The lowest BCUT2D eigenvalue weighted by atomic mass is 9.81. The predicted octanol–water partition coefficient (Wildman–Crippen LogP) is 2.88. The van der Waals surface area contributed by atoms with Gasteiger partial charge in [-0.3, -0.25) is 4.84 Å². The van der Waals surface area contributed by atoms with Crippen LogP contribution >= 0.6 is 0 Å². The Bertz CT molecular complexity index is 147. The Morgan fingerprint density at radius 3 is 2.38 bits per heavy atom. The van der Waals surface area contributed by atoms with Crippen LogP contribution in [0.25, 0.3) is 0 Å². The van der Waals surface area contributed by atoms with Crippen LogP contribution in [0.3, 0.4) is 0 Å². The van der Waals surface area contributed by atoms with E-state index in [-0.39, 0.29) is 5.60 Å². The molecule has 0 bridgehead atoms. The summed E-state index contributed by atoms with van der Waals surface area (Å²) in [7, 11) is 0. The van der Waals surface area contributed by atoms with E-state index >= 15 is 0 Å². The summed E-state index contributed by atoms with van der Waals surface area (Å²) in [5, 5.41) is 0. The van der Waals surface area contributed by atoms with E-state index in [0.717, 1.165) is 5.92 Å². The summed E-state index contributed by atoms with van der Waals surface area (Å²) in [4.78, 5) is 5.51. The summed E-state index contributed by atoms with van der Waals surface area (Å²) in [6, 6.07) is 0.490. The summed E-state index contributed by atoms with van der Waals surface area (Å²) in [6.45, 7) is 8.40. The van der Waals surface area contributed by atoms with Crippen LogP contribution in [0.2, 0.25) is 0 Å². The molecule has 2 nitrogen and oxygen atoms in total. The van der Waals surface area contributed by atoms with Crippen LogP contribution < -0.4 is 5.48 Å². The molecule has 1 aliphatic rings. The van der Waals surface area contributed by atoms with Crippen molar-refractivity contribution in [1.82, 2.24) is 5.48 Å². The average Bonchev–Trinajstić information content (AvgIpc) is 1.91. The minimum Gasteiger partial charge on any atom is -0.296 e. The molecule has 1 N–H and O–H groups in total. The Morgan fingerprint density at radius 1 is 1.38 bits per heavy atom.